The number of aromatic nitrogens is 3. The number of nitrogens with two attached hydrogens (primary N) is 1. The SMILES string of the molecule is C[C@H]1CCC[C@H](c2ccccc2)N1Cc1nc(N)nc(N(C)C)n1. The summed E-state index contributed by atoms with van der Waals surface area (Å²) in [6, 6.07) is 11.6. The van der Waals surface area contributed by atoms with Crippen LogP contribution in [0.25, 0.3) is 0 Å². The second-order valence-electron chi connectivity index (χ2n) is 6.68. The third-order valence-electron chi connectivity index (χ3n) is 4.66. The lowest BCUT2D eigenvalue weighted by Gasteiger charge is -2.40. The van der Waals surface area contributed by atoms with Gasteiger partial charge < -0.3 is 10.6 Å². The van der Waals surface area contributed by atoms with Gasteiger partial charge in [0.05, 0.1) is 6.54 Å². The molecule has 0 bridgehead atoms. The van der Waals surface area contributed by atoms with E-state index in [1.54, 1.807) is 0 Å². The highest BCUT2D eigenvalue weighted by Gasteiger charge is 2.29. The molecular formula is C18H26N6. The van der Waals surface area contributed by atoms with E-state index < -0.39 is 0 Å². The molecular weight excluding hydrogens is 300 g/mol. The first-order valence-corrected chi connectivity index (χ1v) is 8.53. The maximum atomic E-state index is 5.88. The molecule has 1 saturated heterocycles. The van der Waals surface area contributed by atoms with Crippen molar-refractivity contribution < 1.29 is 0 Å². The van der Waals surface area contributed by atoms with Crippen LogP contribution in [0.2, 0.25) is 0 Å². The number of nitrogens with zero attached hydrogens (tertiary/aromatic N) is 5. The predicted molar refractivity (Wildman–Crippen MR) is 96.6 cm³/mol. The van der Waals surface area contributed by atoms with Gasteiger partial charge in [0.2, 0.25) is 11.9 Å². The topological polar surface area (TPSA) is 71.2 Å². The van der Waals surface area contributed by atoms with Gasteiger partial charge in [0.1, 0.15) is 5.82 Å². The number of hydrogen-bond donors (Lipinski definition) is 1. The number of benzene rings is 1. The molecule has 2 atom stereocenters. The minimum atomic E-state index is 0.282. The van der Waals surface area contributed by atoms with Crippen LogP contribution < -0.4 is 10.6 Å². The summed E-state index contributed by atoms with van der Waals surface area (Å²) in [5.41, 5.74) is 7.24. The molecule has 0 saturated carbocycles. The Morgan fingerprint density at radius 3 is 2.58 bits per heavy atom. The molecule has 1 aliphatic heterocycles. The molecule has 128 valence electrons. The van der Waals surface area contributed by atoms with Gasteiger partial charge in [-0.2, -0.15) is 15.0 Å². The van der Waals surface area contributed by atoms with Crippen molar-refractivity contribution in [1.82, 2.24) is 19.9 Å². The van der Waals surface area contributed by atoms with Gasteiger partial charge in [0.15, 0.2) is 0 Å². The molecule has 1 fully saturated rings. The fourth-order valence-corrected chi connectivity index (χ4v) is 3.40. The molecule has 1 aliphatic rings. The van der Waals surface area contributed by atoms with Crippen molar-refractivity contribution in [3.63, 3.8) is 0 Å². The molecule has 0 amide bonds. The maximum Gasteiger partial charge on any atom is 0.229 e. The largest absolute Gasteiger partial charge is 0.368 e. The van der Waals surface area contributed by atoms with E-state index in [1.807, 2.05) is 19.0 Å². The van der Waals surface area contributed by atoms with Crippen molar-refractivity contribution in [3.8, 4) is 0 Å². The first kappa shape index (κ1) is 16.6. The zero-order chi connectivity index (χ0) is 17.1. The average molecular weight is 326 g/mol. The number of likely N-dealkylation sites (tertiary alicyclic amines) is 1. The molecule has 2 heterocycles. The smallest absolute Gasteiger partial charge is 0.229 e. The molecule has 2 N–H and O–H groups in total. The highest BCUT2D eigenvalue weighted by molar-refractivity contribution is 5.32. The molecule has 0 radical (unpaired) electrons. The quantitative estimate of drug-likeness (QED) is 0.931. The molecule has 6 nitrogen and oxygen atoms in total. The fraction of sp³-hybridized carbons (Fsp3) is 0.500. The zero-order valence-corrected chi connectivity index (χ0v) is 14.7. The maximum absolute atomic E-state index is 5.88. The Hall–Kier alpha value is -2.21. The molecule has 0 spiro atoms. The van der Waals surface area contributed by atoms with E-state index in [0.717, 1.165) is 12.2 Å². The molecule has 1 aromatic heterocycles. The number of piperidine rings is 1. The molecule has 1 aromatic carbocycles. The average Bonchev–Trinajstić information content (AvgIpc) is 2.57. The second-order valence-corrected chi connectivity index (χ2v) is 6.68. The number of hydrogen-bond acceptors (Lipinski definition) is 6. The highest BCUT2D eigenvalue weighted by atomic mass is 15.3. The first-order chi connectivity index (χ1) is 11.5. The van der Waals surface area contributed by atoms with Crippen LogP contribution in [0, 0.1) is 0 Å². The van der Waals surface area contributed by atoms with Crippen LogP contribution >= 0.6 is 0 Å². The Morgan fingerprint density at radius 1 is 1.12 bits per heavy atom. The Bertz CT molecular complexity index is 672. The lowest BCUT2D eigenvalue weighted by Crippen LogP contribution is -2.40. The standard InChI is InChI=1S/C18H26N6/c1-13-8-7-11-15(14-9-5-4-6-10-14)24(13)12-16-20-17(19)22-18(21-16)23(2)3/h4-6,9-10,13,15H,7-8,11-12H2,1-3H3,(H2,19,20,21,22)/t13-,15+/m0/s1. The summed E-state index contributed by atoms with van der Waals surface area (Å²) in [6.45, 7) is 2.97. The second kappa shape index (κ2) is 7.13. The van der Waals surface area contributed by atoms with E-state index in [2.05, 4.69) is 57.1 Å². The van der Waals surface area contributed by atoms with Gasteiger partial charge in [-0.3, -0.25) is 4.90 Å². The molecule has 0 unspecified atom stereocenters. The third-order valence-corrected chi connectivity index (χ3v) is 4.66. The Morgan fingerprint density at radius 2 is 1.88 bits per heavy atom. The Labute approximate surface area is 143 Å². The van der Waals surface area contributed by atoms with Gasteiger partial charge in [-0.15, -0.1) is 0 Å². The normalized spacial score (nSPS) is 21.6. The number of nitrogen functional groups attached to an aromatic ring is 1. The van der Waals surface area contributed by atoms with Gasteiger partial charge in [-0.1, -0.05) is 36.8 Å². The van der Waals surface area contributed by atoms with Crippen molar-refractivity contribution in [2.75, 3.05) is 24.7 Å². The first-order valence-electron chi connectivity index (χ1n) is 8.53. The fourth-order valence-electron chi connectivity index (χ4n) is 3.40. The van der Waals surface area contributed by atoms with Crippen LogP contribution in [0.3, 0.4) is 0 Å². The minimum Gasteiger partial charge on any atom is -0.368 e. The van der Waals surface area contributed by atoms with E-state index in [1.165, 1.54) is 18.4 Å². The van der Waals surface area contributed by atoms with Crippen molar-refractivity contribution in [1.29, 1.82) is 0 Å². The van der Waals surface area contributed by atoms with Crippen LogP contribution in [0.1, 0.15) is 43.6 Å². The van der Waals surface area contributed by atoms with Crippen LogP contribution in [0.4, 0.5) is 11.9 Å². The molecule has 6 heteroatoms. The highest BCUT2D eigenvalue weighted by Crippen LogP contribution is 2.35. The molecule has 0 aliphatic carbocycles. The van der Waals surface area contributed by atoms with Gasteiger partial charge in [-0.25, -0.2) is 0 Å². The van der Waals surface area contributed by atoms with E-state index in [9.17, 15) is 0 Å². The Kier molecular flexibility index (Phi) is 4.94. The van der Waals surface area contributed by atoms with E-state index in [4.69, 9.17) is 5.73 Å². The molecule has 2 aromatic rings. The summed E-state index contributed by atoms with van der Waals surface area (Å²) in [4.78, 5) is 17.5. The van der Waals surface area contributed by atoms with Crippen molar-refractivity contribution in [3.05, 3.63) is 41.7 Å². The predicted octanol–water partition coefficient (Wildman–Crippen LogP) is 2.64. The number of rotatable bonds is 4. The van der Waals surface area contributed by atoms with Crippen molar-refractivity contribution in [2.45, 2.75) is 44.8 Å². The summed E-state index contributed by atoms with van der Waals surface area (Å²) in [5, 5.41) is 0. The van der Waals surface area contributed by atoms with Gasteiger partial charge in [0, 0.05) is 26.2 Å². The molecule has 24 heavy (non-hydrogen) atoms. The monoisotopic (exact) mass is 326 g/mol. The molecule has 3 rings (SSSR count). The summed E-state index contributed by atoms with van der Waals surface area (Å²) in [6.07, 6.45) is 3.61. The van der Waals surface area contributed by atoms with Crippen molar-refractivity contribution >= 4 is 11.9 Å². The van der Waals surface area contributed by atoms with Crippen LogP contribution in [0.15, 0.2) is 30.3 Å². The summed E-state index contributed by atoms with van der Waals surface area (Å²) < 4.78 is 0. The Balaban J connectivity index is 1.88. The van der Waals surface area contributed by atoms with Gasteiger partial charge >= 0.3 is 0 Å². The van der Waals surface area contributed by atoms with Crippen LogP contribution in [0.5, 0.6) is 0 Å². The van der Waals surface area contributed by atoms with E-state index in [0.29, 0.717) is 24.6 Å². The zero-order valence-electron chi connectivity index (χ0n) is 14.7. The summed E-state index contributed by atoms with van der Waals surface area (Å²) >= 11 is 0. The lowest BCUT2D eigenvalue weighted by molar-refractivity contribution is 0.0814. The lowest BCUT2D eigenvalue weighted by atomic mass is 9.91. The summed E-state index contributed by atoms with van der Waals surface area (Å²) in [5.74, 6) is 1.63. The van der Waals surface area contributed by atoms with E-state index in [-0.39, 0.29) is 5.95 Å². The van der Waals surface area contributed by atoms with E-state index >= 15 is 0 Å². The van der Waals surface area contributed by atoms with Gasteiger partial charge in [-0.05, 0) is 25.3 Å². The summed E-state index contributed by atoms with van der Waals surface area (Å²) in [7, 11) is 3.82. The third kappa shape index (κ3) is 3.64. The van der Waals surface area contributed by atoms with Gasteiger partial charge in [0.25, 0.3) is 0 Å². The van der Waals surface area contributed by atoms with Crippen LogP contribution in [-0.4, -0.2) is 40.0 Å². The van der Waals surface area contributed by atoms with Crippen LogP contribution in [-0.2, 0) is 6.54 Å². The minimum absolute atomic E-state index is 0.282. The number of anilines is 2. The van der Waals surface area contributed by atoms with Crippen molar-refractivity contribution in [2.24, 2.45) is 0 Å².